The Bertz CT molecular complexity index is 1750. The van der Waals surface area contributed by atoms with Gasteiger partial charge in [0.15, 0.2) is 0 Å². The predicted molar refractivity (Wildman–Crippen MR) is 144 cm³/mol. The highest BCUT2D eigenvalue weighted by Crippen LogP contribution is 2.28. The summed E-state index contributed by atoms with van der Waals surface area (Å²) in [6, 6.07) is 29.7. The summed E-state index contributed by atoms with van der Waals surface area (Å²) in [5, 5.41) is 24.7. The molecule has 1 aromatic heterocycles. The van der Waals surface area contributed by atoms with E-state index < -0.39 is 11.9 Å². The summed E-state index contributed by atoms with van der Waals surface area (Å²) in [5.41, 5.74) is 3.44. The van der Waals surface area contributed by atoms with Crippen molar-refractivity contribution in [2.75, 3.05) is 10.6 Å². The number of aromatic amines is 1. The summed E-state index contributed by atoms with van der Waals surface area (Å²) >= 11 is 0. The third kappa shape index (κ3) is 4.72. The van der Waals surface area contributed by atoms with Crippen molar-refractivity contribution < 1.29 is 19.5 Å². The SMILES string of the molecule is N#Cc1ccc(NC(=O)c2cc3cccc(NC(=O)c4ccccc4-c4ccccc4)c3[nH]2)c(C(=O)O)c1. The Kier molecular flexibility index (Phi) is 6.41. The third-order valence-corrected chi connectivity index (χ3v) is 6.03. The molecule has 1 heterocycles. The van der Waals surface area contributed by atoms with Gasteiger partial charge < -0.3 is 20.7 Å². The van der Waals surface area contributed by atoms with Crippen molar-refractivity contribution in [1.29, 1.82) is 5.26 Å². The van der Waals surface area contributed by atoms with E-state index in [0.717, 1.165) is 11.1 Å². The van der Waals surface area contributed by atoms with Gasteiger partial charge in [0.2, 0.25) is 0 Å². The number of nitrogens with one attached hydrogen (secondary N) is 3. The van der Waals surface area contributed by atoms with Gasteiger partial charge in [0.1, 0.15) is 5.69 Å². The van der Waals surface area contributed by atoms with Crippen LogP contribution in [0.2, 0.25) is 0 Å². The quantitative estimate of drug-likeness (QED) is 0.230. The lowest BCUT2D eigenvalue weighted by Crippen LogP contribution is -2.15. The Labute approximate surface area is 217 Å². The van der Waals surface area contributed by atoms with Crippen molar-refractivity contribution in [2.24, 2.45) is 0 Å². The zero-order valence-electron chi connectivity index (χ0n) is 19.9. The first-order chi connectivity index (χ1) is 18.4. The highest BCUT2D eigenvalue weighted by Gasteiger charge is 2.18. The molecular formula is C30H20N4O4. The van der Waals surface area contributed by atoms with Gasteiger partial charge in [-0.3, -0.25) is 9.59 Å². The van der Waals surface area contributed by atoms with Crippen LogP contribution in [0.5, 0.6) is 0 Å². The van der Waals surface area contributed by atoms with Crippen molar-refractivity contribution in [2.45, 2.75) is 0 Å². The Hall–Kier alpha value is -5.68. The van der Waals surface area contributed by atoms with Gasteiger partial charge >= 0.3 is 5.97 Å². The van der Waals surface area contributed by atoms with Crippen LogP contribution >= 0.6 is 0 Å². The number of fused-ring (bicyclic) bond motifs is 1. The van der Waals surface area contributed by atoms with Gasteiger partial charge in [0.25, 0.3) is 11.8 Å². The van der Waals surface area contributed by atoms with Gasteiger partial charge in [-0.2, -0.15) is 5.26 Å². The van der Waals surface area contributed by atoms with E-state index in [4.69, 9.17) is 5.26 Å². The van der Waals surface area contributed by atoms with Gasteiger partial charge in [-0.1, -0.05) is 60.7 Å². The number of para-hydroxylation sites is 1. The fraction of sp³-hybridized carbons (Fsp3) is 0. The van der Waals surface area contributed by atoms with Crippen LogP contribution < -0.4 is 10.6 Å². The minimum Gasteiger partial charge on any atom is -0.478 e. The molecule has 0 saturated heterocycles. The Balaban J connectivity index is 1.43. The lowest BCUT2D eigenvalue weighted by molar-refractivity contribution is 0.0697. The van der Waals surface area contributed by atoms with Crippen LogP contribution in [0.1, 0.15) is 36.8 Å². The summed E-state index contributed by atoms with van der Waals surface area (Å²) in [7, 11) is 0. The van der Waals surface area contributed by atoms with Gasteiger partial charge in [-0.25, -0.2) is 4.79 Å². The number of hydrogen-bond acceptors (Lipinski definition) is 4. The van der Waals surface area contributed by atoms with Crippen LogP contribution in [0.3, 0.4) is 0 Å². The molecule has 8 heteroatoms. The number of rotatable bonds is 6. The molecule has 38 heavy (non-hydrogen) atoms. The molecule has 0 fully saturated rings. The van der Waals surface area contributed by atoms with E-state index >= 15 is 0 Å². The average molecular weight is 501 g/mol. The van der Waals surface area contributed by atoms with Gasteiger partial charge in [-0.15, -0.1) is 0 Å². The molecule has 0 aliphatic rings. The number of nitrogens with zero attached hydrogens (tertiary/aromatic N) is 1. The smallest absolute Gasteiger partial charge is 0.337 e. The number of carbonyl (C=O) groups is 3. The van der Waals surface area contributed by atoms with Crippen LogP contribution in [-0.4, -0.2) is 27.9 Å². The predicted octanol–water partition coefficient (Wildman–Crippen LogP) is 5.91. The number of amides is 2. The number of H-pyrrole nitrogens is 1. The van der Waals surface area contributed by atoms with Crippen LogP contribution in [0.15, 0.2) is 97.1 Å². The Morgan fingerprint density at radius 1 is 0.737 bits per heavy atom. The van der Waals surface area contributed by atoms with E-state index in [-0.39, 0.29) is 28.4 Å². The van der Waals surface area contributed by atoms with Gasteiger partial charge in [-0.05, 0) is 47.5 Å². The van der Waals surface area contributed by atoms with Crippen LogP contribution in [-0.2, 0) is 0 Å². The van der Waals surface area contributed by atoms with Crippen molar-refractivity contribution in [3.63, 3.8) is 0 Å². The van der Waals surface area contributed by atoms with E-state index in [1.807, 2.05) is 48.5 Å². The Morgan fingerprint density at radius 2 is 1.47 bits per heavy atom. The average Bonchev–Trinajstić information content (AvgIpc) is 3.39. The number of aromatic carboxylic acids is 1. The molecule has 5 rings (SSSR count). The fourth-order valence-corrected chi connectivity index (χ4v) is 4.21. The highest BCUT2D eigenvalue weighted by atomic mass is 16.4. The minimum atomic E-state index is -1.27. The van der Waals surface area contributed by atoms with Gasteiger partial charge in [0, 0.05) is 10.9 Å². The molecule has 184 valence electrons. The topological polar surface area (TPSA) is 135 Å². The number of benzene rings is 4. The zero-order chi connectivity index (χ0) is 26.6. The van der Waals surface area contributed by atoms with Gasteiger partial charge in [0.05, 0.1) is 34.1 Å². The summed E-state index contributed by atoms with van der Waals surface area (Å²) in [4.78, 5) is 40.9. The molecule has 0 spiro atoms. The maximum Gasteiger partial charge on any atom is 0.337 e. The molecule has 0 atom stereocenters. The number of anilines is 2. The maximum atomic E-state index is 13.3. The number of carboxylic acids is 1. The molecule has 2 amide bonds. The van der Waals surface area contributed by atoms with Crippen LogP contribution in [0.25, 0.3) is 22.0 Å². The van der Waals surface area contributed by atoms with E-state index in [1.165, 1.54) is 18.2 Å². The zero-order valence-corrected chi connectivity index (χ0v) is 19.9. The number of nitriles is 1. The van der Waals surface area contributed by atoms with Crippen molar-refractivity contribution in [1.82, 2.24) is 4.98 Å². The van der Waals surface area contributed by atoms with E-state index in [0.29, 0.717) is 22.2 Å². The second kappa shape index (κ2) is 10.1. The molecule has 0 unspecified atom stereocenters. The second-order valence-electron chi connectivity index (χ2n) is 8.45. The number of hydrogen-bond donors (Lipinski definition) is 4. The monoisotopic (exact) mass is 500 g/mol. The van der Waals surface area contributed by atoms with E-state index in [2.05, 4.69) is 15.6 Å². The minimum absolute atomic E-state index is 0.0613. The molecule has 4 aromatic carbocycles. The van der Waals surface area contributed by atoms with Crippen molar-refractivity contribution in [3.05, 3.63) is 119 Å². The first-order valence-electron chi connectivity index (χ1n) is 11.6. The summed E-state index contributed by atoms with van der Waals surface area (Å²) < 4.78 is 0. The largest absolute Gasteiger partial charge is 0.478 e. The van der Waals surface area contributed by atoms with E-state index in [1.54, 1.807) is 36.4 Å². The number of carboxylic acid groups (broad SMARTS) is 1. The van der Waals surface area contributed by atoms with Crippen LogP contribution in [0.4, 0.5) is 11.4 Å². The molecular weight excluding hydrogens is 480 g/mol. The molecule has 4 N–H and O–H groups in total. The molecule has 5 aromatic rings. The molecule has 8 nitrogen and oxygen atoms in total. The third-order valence-electron chi connectivity index (χ3n) is 6.03. The van der Waals surface area contributed by atoms with E-state index in [9.17, 15) is 19.5 Å². The normalized spacial score (nSPS) is 10.5. The molecule has 0 aliphatic heterocycles. The molecule has 0 saturated carbocycles. The summed E-state index contributed by atoms with van der Waals surface area (Å²) in [6.45, 7) is 0. The standard InChI is InChI=1S/C30H20N4O4/c31-17-18-13-14-24(23(15-18)30(37)38)33-29(36)26-16-20-9-6-12-25(27(20)32-26)34-28(35)22-11-5-4-10-21(22)19-7-2-1-3-8-19/h1-16,32H,(H,33,36)(H,34,35)(H,37,38). The maximum absolute atomic E-state index is 13.3. The molecule has 0 radical (unpaired) electrons. The van der Waals surface area contributed by atoms with Crippen molar-refractivity contribution in [3.8, 4) is 17.2 Å². The highest BCUT2D eigenvalue weighted by molar-refractivity contribution is 6.13. The summed E-state index contributed by atoms with van der Waals surface area (Å²) in [6.07, 6.45) is 0. The first-order valence-corrected chi connectivity index (χ1v) is 11.6. The Morgan fingerprint density at radius 3 is 2.24 bits per heavy atom. The lowest BCUT2D eigenvalue weighted by atomic mass is 9.99. The first kappa shape index (κ1) is 24.0. The number of aromatic nitrogens is 1. The summed E-state index contributed by atoms with van der Waals surface area (Å²) in [5.74, 6) is -2.14. The molecule has 0 aliphatic carbocycles. The van der Waals surface area contributed by atoms with Crippen LogP contribution in [0, 0.1) is 11.3 Å². The molecule has 0 bridgehead atoms. The van der Waals surface area contributed by atoms with Crippen molar-refractivity contribution >= 4 is 40.1 Å². The lowest BCUT2D eigenvalue weighted by Gasteiger charge is -2.11. The second-order valence-corrected chi connectivity index (χ2v) is 8.45. The fourth-order valence-electron chi connectivity index (χ4n) is 4.21. The number of carbonyl (C=O) groups excluding carboxylic acids is 2.